The Balaban J connectivity index is 1.68. The molecule has 2 aromatic carbocycles. The molecule has 3 rings (SSSR count). The maximum Gasteiger partial charge on any atom is 0.289 e. The number of ether oxygens (including phenoxy) is 1. The lowest BCUT2D eigenvalue weighted by atomic mass is 10.1. The summed E-state index contributed by atoms with van der Waals surface area (Å²) < 4.78 is 5.08. The van der Waals surface area contributed by atoms with Crippen LogP contribution in [0.25, 0.3) is 11.3 Å². The van der Waals surface area contributed by atoms with E-state index in [1.807, 2.05) is 12.1 Å². The number of benzene rings is 2. The number of nitrogens with one attached hydrogen (secondary N) is 2. The van der Waals surface area contributed by atoms with Crippen molar-refractivity contribution in [2.45, 2.75) is 0 Å². The maximum absolute atomic E-state index is 12.2. The van der Waals surface area contributed by atoms with Crippen LogP contribution in [0.2, 0.25) is 10.0 Å². The Morgan fingerprint density at radius 2 is 1.96 bits per heavy atom. The minimum atomic E-state index is -0.424. The van der Waals surface area contributed by atoms with Gasteiger partial charge in [0, 0.05) is 10.6 Å². The van der Waals surface area contributed by atoms with E-state index in [4.69, 9.17) is 27.9 Å². The summed E-state index contributed by atoms with van der Waals surface area (Å²) in [4.78, 5) is 12.2. The third-order valence-electron chi connectivity index (χ3n) is 3.52. The fraction of sp³-hybridized carbons (Fsp3) is 0.0556. The standard InChI is InChI=1S/C18H14Cl2N4O2/c1-26-13-5-2-11(3-6-13)10-21-24-18(25)17-9-16(22-23-17)14-8-12(19)4-7-15(14)20/h2-10H,1H3,(H,22,23)(H,24,25)/b21-10-. The van der Waals surface area contributed by atoms with Crippen molar-refractivity contribution in [2.24, 2.45) is 5.10 Å². The van der Waals surface area contributed by atoms with Crippen LogP contribution in [0.5, 0.6) is 5.75 Å². The highest BCUT2D eigenvalue weighted by Crippen LogP contribution is 2.29. The van der Waals surface area contributed by atoms with E-state index in [1.165, 1.54) is 6.21 Å². The van der Waals surface area contributed by atoms with E-state index in [2.05, 4.69) is 20.7 Å². The van der Waals surface area contributed by atoms with Gasteiger partial charge < -0.3 is 4.74 Å². The third-order valence-corrected chi connectivity index (χ3v) is 4.09. The van der Waals surface area contributed by atoms with Gasteiger partial charge in [0.05, 0.1) is 24.0 Å². The number of halogens is 2. The number of H-pyrrole nitrogens is 1. The fourth-order valence-corrected chi connectivity index (χ4v) is 2.57. The molecule has 0 saturated carbocycles. The van der Waals surface area contributed by atoms with Crippen molar-refractivity contribution in [1.82, 2.24) is 15.6 Å². The molecule has 1 aromatic heterocycles. The zero-order chi connectivity index (χ0) is 18.5. The number of aromatic amines is 1. The lowest BCUT2D eigenvalue weighted by Gasteiger charge is -2.00. The van der Waals surface area contributed by atoms with Crippen LogP contribution in [0, 0.1) is 0 Å². The van der Waals surface area contributed by atoms with Gasteiger partial charge in [0.15, 0.2) is 0 Å². The molecule has 0 aliphatic carbocycles. The minimum Gasteiger partial charge on any atom is -0.497 e. The van der Waals surface area contributed by atoms with Crippen molar-refractivity contribution >= 4 is 35.3 Å². The van der Waals surface area contributed by atoms with Crippen molar-refractivity contribution < 1.29 is 9.53 Å². The average Bonchev–Trinajstić information content (AvgIpc) is 3.14. The first kappa shape index (κ1) is 18.0. The maximum atomic E-state index is 12.2. The third kappa shape index (κ3) is 4.22. The van der Waals surface area contributed by atoms with E-state index in [0.29, 0.717) is 21.3 Å². The Labute approximate surface area is 159 Å². The molecule has 0 radical (unpaired) electrons. The molecule has 132 valence electrons. The van der Waals surface area contributed by atoms with Crippen molar-refractivity contribution in [2.75, 3.05) is 7.11 Å². The SMILES string of the molecule is COc1ccc(/C=N\NC(=O)c2cc(-c3cc(Cl)ccc3Cl)n[nH]2)cc1. The summed E-state index contributed by atoms with van der Waals surface area (Å²) >= 11 is 12.1. The van der Waals surface area contributed by atoms with Gasteiger partial charge in [-0.25, -0.2) is 5.43 Å². The topological polar surface area (TPSA) is 79.4 Å². The Morgan fingerprint density at radius 1 is 1.19 bits per heavy atom. The molecule has 1 heterocycles. The highest BCUT2D eigenvalue weighted by molar-refractivity contribution is 6.35. The van der Waals surface area contributed by atoms with Crippen molar-refractivity contribution in [3.8, 4) is 17.0 Å². The molecule has 8 heteroatoms. The van der Waals surface area contributed by atoms with Gasteiger partial charge in [-0.15, -0.1) is 0 Å². The van der Waals surface area contributed by atoms with E-state index in [1.54, 1.807) is 43.5 Å². The molecule has 26 heavy (non-hydrogen) atoms. The molecule has 2 N–H and O–H groups in total. The predicted octanol–water partition coefficient (Wildman–Crippen LogP) is 4.16. The van der Waals surface area contributed by atoms with Crippen molar-refractivity contribution in [3.63, 3.8) is 0 Å². The zero-order valence-electron chi connectivity index (χ0n) is 13.7. The van der Waals surface area contributed by atoms with Crippen LogP contribution < -0.4 is 10.2 Å². The van der Waals surface area contributed by atoms with Gasteiger partial charge in [-0.2, -0.15) is 10.2 Å². The highest BCUT2D eigenvalue weighted by Gasteiger charge is 2.13. The molecule has 6 nitrogen and oxygen atoms in total. The largest absolute Gasteiger partial charge is 0.497 e. The summed E-state index contributed by atoms with van der Waals surface area (Å²) in [5.41, 5.74) is 4.66. The van der Waals surface area contributed by atoms with Gasteiger partial charge in [0.2, 0.25) is 0 Å². The summed E-state index contributed by atoms with van der Waals surface area (Å²) in [7, 11) is 1.60. The molecular formula is C18H14Cl2N4O2. The fourth-order valence-electron chi connectivity index (χ4n) is 2.19. The van der Waals surface area contributed by atoms with Gasteiger partial charge in [0.1, 0.15) is 11.4 Å². The summed E-state index contributed by atoms with van der Waals surface area (Å²) in [6.45, 7) is 0. The molecule has 0 saturated heterocycles. The van der Waals surface area contributed by atoms with E-state index in [9.17, 15) is 4.79 Å². The summed E-state index contributed by atoms with van der Waals surface area (Å²) in [5.74, 6) is 0.322. The van der Waals surface area contributed by atoms with Crippen molar-refractivity contribution in [3.05, 3.63) is 69.8 Å². The van der Waals surface area contributed by atoms with Crippen molar-refractivity contribution in [1.29, 1.82) is 0 Å². The number of carbonyl (C=O) groups excluding carboxylic acids is 1. The predicted molar refractivity (Wildman–Crippen MR) is 102 cm³/mol. The van der Waals surface area contributed by atoms with Gasteiger partial charge in [0.25, 0.3) is 5.91 Å². The number of hydrogen-bond acceptors (Lipinski definition) is 4. The molecule has 3 aromatic rings. The number of hydrazone groups is 1. The number of aromatic nitrogens is 2. The molecule has 0 atom stereocenters. The number of nitrogens with zero attached hydrogens (tertiary/aromatic N) is 2. The second-order valence-electron chi connectivity index (χ2n) is 5.26. The van der Waals surface area contributed by atoms with E-state index in [-0.39, 0.29) is 5.69 Å². The lowest BCUT2D eigenvalue weighted by molar-refractivity contribution is 0.0950. The highest BCUT2D eigenvalue weighted by atomic mass is 35.5. The van der Waals surface area contributed by atoms with Crippen LogP contribution in [0.15, 0.2) is 53.6 Å². The molecule has 0 unspecified atom stereocenters. The van der Waals surface area contributed by atoms with E-state index >= 15 is 0 Å². The molecule has 0 fully saturated rings. The summed E-state index contributed by atoms with van der Waals surface area (Å²) in [6.07, 6.45) is 1.53. The molecule has 1 amide bonds. The first-order chi connectivity index (χ1) is 12.6. The number of amides is 1. The second-order valence-corrected chi connectivity index (χ2v) is 6.11. The number of methoxy groups -OCH3 is 1. The smallest absolute Gasteiger partial charge is 0.289 e. The van der Waals surface area contributed by atoms with Crippen LogP contribution in [-0.4, -0.2) is 29.4 Å². The molecule has 0 spiro atoms. The second kappa shape index (κ2) is 8.03. The number of carbonyl (C=O) groups is 1. The summed E-state index contributed by atoms with van der Waals surface area (Å²) in [6, 6.07) is 13.9. The van der Waals surface area contributed by atoms with Gasteiger partial charge >= 0.3 is 0 Å². The number of rotatable bonds is 5. The molecule has 0 aliphatic heterocycles. The Kier molecular flexibility index (Phi) is 5.55. The Hall–Kier alpha value is -2.83. The van der Waals surface area contributed by atoms with Gasteiger partial charge in [-0.1, -0.05) is 23.2 Å². The first-order valence-electron chi connectivity index (χ1n) is 7.55. The van der Waals surface area contributed by atoms with Gasteiger partial charge in [-0.3, -0.25) is 9.89 Å². The number of hydrogen-bond donors (Lipinski definition) is 2. The monoisotopic (exact) mass is 388 g/mol. The summed E-state index contributed by atoms with van der Waals surface area (Å²) in [5, 5.41) is 11.7. The molecule has 0 bridgehead atoms. The van der Waals surface area contributed by atoms with Crippen LogP contribution in [-0.2, 0) is 0 Å². The van der Waals surface area contributed by atoms with E-state index < -0.39 is 5.91 Å². The Bertz CT molecular complexity index is 952. The van der Waals surface area contributed by atoms with Gasteiger partial charge in [-0.05, 0) is 54.1 Å². The van der Waals surface area contributed by atoms with E-state index in [0.717, 1.165) is 11.3 Å². The average molecular weight is 389 g/mol. The van der Waals surface area contributed by atoms with Crippen LogP contribution in [0.3, 0.4) is 0 Å². The van der Waals surface area contributed by atoms with Crippen LogP contribution >= 0.6 is 23.2 Å². The van der Waals surface area contributed by atoms with Crippen LogP contribution in [0.4, 0.5) is 0 Å². The molecular weight excluding hydrogens is 375 g/mol. The molecule has 0 aliphatic rings. The Morgan fingerprint density at radius 3 is 2.69 bits per heavy atom. The normalized spacial score (nSPS) is 10.9. The van der Waals surface area contributed by atoms with Crippen LogP contribution in [0.1, 0.15) is 16.1 Å². The quantitative estimate of drug-likeness (QED) is 0.508. The zero-order valence-corrected chi connectivity index (χ0v) is 15.2. The first-order valence-corrected chi connectivity index (χ1v) is 8.30. The minimum absolute atomic E-state index is 0.253. The lowest BCUT2D eigenvalue weighted by Crippen LogP contribution is -2.17.